The predicted octanol–water partition coefficient (Wildman–Crippen LogP) is 5.69. The molecule has 0 aliphatic carbocycles. The molecule has 144 valence electrons. The second-order valence-electron chi connectivity index (χ2n) is 6.83. The zero-order valence-electron chi connectivity index (χ0n) is 16.5. The molecule has 0 radical (unpaired) electrons. The summed E-state index contributed by atoms with van der Waals surface area (Å²) in [5, 5.41) is 4.53. The normalized spacial score (nSPS) is 10.7. The number of esters is 1. The number of carbonyl (C=O) groups excluding carboxylic acids is 1. The van der Waals surface area contributed by atoms with Crippen molar-refractivity contribution in [1.82, 2.24) is 9.78 Å². The first-order valence-electron chi connectivity index (χ1n) is 9.66. The Hall–Kier alpha value is -3.66. The molecular formula is C25H22N2O2. The van der Waals surface area contributed by atoms with Crippen LogP contribution < -0.4 is 0 Å². The Morgan fingerprint density at radius 1 is 0.862 bits per heavy atom. The van der Waals surface area contributed by atoms with Crippen molar-refractivity contribution < 1.29 is 9.53 Å². The number of aryl methyl sites for hydroxylation is 1. The van der Waals surface area contributed by atoms with Gasteiger partial charge in [0.15, 0.2) is 5.69 Å². The fourth-order valence-electron chi connectivity index (χ4n) is 3.24. The van der Waals surface area contributed by atoms with E-state index in [9.17, 15) is 4.79 Å². The van der Waals surface area contributed by atoms with Crippen molar-refractivity contribution in [3.05, 3.63) is 96.2 Å². The van der Waals surface area contributed by atoms with Gasteiger partial charge in [0.05, 0.1) is 18.0 Å². The monoisotopic (exact) mass is 382 g/mol. The van der Waals surface area contributed by atoms with E-state index in [0.29, 0.717) is 12.3 Å². The minimum Gasteiger partial charge on any atom is -0.461 e. The smallest absolute Gasteiger partial charge is 0.358 e. The number of ether oxygens (including phenoxy) is 1. The quantitative estimate of drug-likeness (QED) is 0.416. The van der Waals surface area contributed by atoms with Crippen molar-refractivity contribution >= 4 is 5.97 Å². The fourth-order valence-corrected chi connectivity index (χ4v) is 3.24. The van der Waals surface area contributed by atoms with Gasteiger partial charge in [0.25, 0.3) is 0 Å². The lowest BCUT2D eigenvalue weighted by Gasteiger charge is -2.09. The highest BCUT2D eigenvalue weighted by atomic mass is 16.5. The first kappa shape index (κ1) is 18.7. The number of nitrogens with zero attached hydrogens (tertiary/aromatic N) is 2. The topological polar surface area (TPSA) is 44.1 Å². The average Bonchev–Trinajstić information content (AvgIpc) is 3.21. The molecule has 4 heteroatoms. The number of hydrogen-bond acceptors (Lipinski definition) is 3. The maximum Gasteiger partial charge on any atom is 0.358 e. The molecule has 0 spiro atoms. The average molecular weight is 382 g/mol. The summed E-state index contributed by atoms with van der Waals surface area (Å²) >= 11 is 0. The number of carbonyl (C=O) groups is 1. The van der Waals surface area contributed by atoms with Gasteiger partial charge in [-0.2, -0.15) is 5.10 Å². The van der Waals surface area contributed by atoms with Crippen LogP contribution in [0.2, 0.25) is 0 Å². The molecule has 3 aromatic carbocycles. The Morgan fingerprint density at radius 2 is 1.48 bits per heavy atom. The zero-order valence-corrected chi connectivity index (χ0v) is 16.5. The molecule has 0 amide bonds. The van der Waals surface area contributed by atoms with Gasteiger partial charge in [0, 0.05) is 5.56 Å². The van der Waals surface area contributed by atoms with Gasteiger partial charge in [-0.25, -0.2) is 9.48 Å². The molecule has 1 aromatic heterocycles. The standard InChI is InChI=1S/C25H22N2O2/c1-3-29-25(28)23-17-24(27(26-23)22-15-9-18(2)10-16-22)21-13-11-20(12-14-21)19-7-5-4-6-8-19/h4-17H,3H2,1-2H3. The largest absolute Gasteiger partial charge is 0.461 e. The van der Waals surface area contributed by atoms with Crippen LogP contribution in [-0.4, -0.2) is 22.4 Å². The van der Waals surface area contributed by atoms with Crippen molar-refractivity contribution in [3.8, 4) is 28.1 Å². The van der Waals surface area contributed by atoms with E-state index in [-0.39, 0.29) is 0 Å². The Balaban J connectivity index is 1.77. The van der Waals surface area contributed by atoms with Crippen LogP contribution in [0.25, 0.3) is 28.1 Å². The molecule has 0 saturated heterocycles. The maximum atomic E-state index is 12.3. The first-order chi connectivity index (χ1) is 14.2. The van der Waals surface area contributed by atoms with Crippen LogP contribution >= 0.6 is 0 Å². The fraction of sp³-hybridized carbons (Fsp3) is 0.120. The van der Waals surface area contributed by atoms with Gasteiger partial charge in [-0.1, -0.05) is 72.3 Å². The van der Waals surface area contributed by atoms with Gasteiger partial charge in [0.1, 0.15) is 0 Å². The molecule has 4 nitrogen and oxygen atoms in total. The van der Waals surface area contributed by atoms with Gasteiger partial charge in [-0.15, -0.1) is 0 Å². The Morgan fingerprint density at radius 3 is 2.14 bits per heavy atom. The van der Waals surface area contributed by atoms with Gasteiger partial charge >= 0.3 is 5.97 Å². The van der Waals surface area contributed by atoms with Crippen molar-refractivity contribution in [2.24, 2.45) is 0 Å². The van der Waals surface area contributed by atoms with Crippen LogP contribution in [-0.2, 0) is 4.74 Å². The van der Waals surface area contributed by atoms with Crippen LogP contribution in [0.15, 0.2) is 84.9 Å². The molecule has 0 aliphatic rings. The number of hydrogen-bond donors (Lipinski definition) is 0. The lowest BCUT2D eigenvalue weighted by atomic mass is 10.0. The van der Waals surface area contributed by atoms with Gasteiger partial charge in [-0.05, 0) is 43.2 Å². The van der Waals surface area contributed by atoms with Crippen LogP contribution in [0.5, 0.6) is 0 Å². The summed E-state index contributed by atoms with van der Waals surface area (Å²) in [6.07, 6.45) is 0. The summed E-state index contributed by atoms with van der Waals surface area (Å²) in [5.74, 6) is -0.416. The van der Waals surface area contributed by atoms with Crippen molar-refractivity contribution in [1.29, 1.82) is 0 Å². The van der Waals surface area contributed by atoms with Crippen LogP contribution in [0.4, 0.5) is 0 Å². The molecule has 0 bridgehead atoms. The summed E-state index contributed by atoms with van der Waals surface area (Å²) in [4.78, 5) is 12.3. The van der Waals surface area contributed by atoms with Crippen molar-refractivity contribution in [3.63, 3.8) is 0 Å². The van der Waals surface area contributed by atoms with E-state index in [0.717, 1.165) is 22.5 Å². The van der Waals surface area contributed by atoms with Crippen LogP contribution in [0.3, 0.4) is 0 Å². The summed E-state index contributed by atoms with van der Waals surface area (Å²) in [6, 6.07) is 28.4. The maximum absolute atomic E-state index is 12.3. The molecule has 4 aromatic rings. The van der Waals surface area contributed by atoms with Gasteiger partial charge < -0.3 is 4.74 Å². The van der Waals surface area contributed by atoms with E-state index in [4.69, 9.17) is 4.74 Å². The minimum atomic E-state index is -0.416. The zero-order chi connectivity index (χ0) is 20.2. The SMILES string of the molecule is CCOC(=O)c1cc(-c2ccc(-c3ccccc3)cc2)n(-c2ccc(C)cc2)n1. The second kappa shape index (κ2) is 8.15. The van der Waals surface area contributed by atoms with E-state index in [2.05, 4.69) is 41.5 Å². The Bertz CT molecular complexity index is 1110. The first-order valence-corrected chi connectivity index (χ1v) is 9.66. The third-order valence-corrected chi connectivity index (χ3v) is 4.76. The molecule has 0 unspecified atom stereocenters. The molecular weight excluding hydrogens is 360 g/mol. The summed E-state index contributed by atoms with van der Waals surface area (Å²) in [6.45, 7) is 4.15. The van der Waals surface area contributed by atoms with E-state index in [1.807, 2.05) is 49.4 Å². The van der Waals surface area contributed by atoms with Gasteiger partial charge in [0.2, 0.25) is 0 Å². The highest BCUT2D eigenvalue weighted by Gasteiger charge is 2.17. The predicted molar refractivity (Wildman–Crippen MR) is 115 cm³/mol. The Labute approximate surface area is 170 Å². The molecule has 0 N–H and O–H groups in total. The minimum absolute atomic E-state index is 0.301. The Kier molecular flexibility index (Phi) is 5.25. The van der Waals surface area contributed by atoms with Gasteiger partial charge in [-0.3, -0.25) is 0 Å². The highest BCUT2D eigenvalue weighted by molar-refractivity contribution is 5.89. The van der Waals surface area contributed by atoms with E-state index < -0.39 is 5.97 Å². The molecule has 0 atom stereocenters. The lowest BCUT2D eigenvalue weighted by Crippen LogP contribution is -2.06. The number of benzene rings is 3. The van der Waals surface area contributed by atoms with E-state index in [1.54, 1.807) is 17.7 Å². The lowest BCUT2D eigenvalue weighted by molar-refractivity contribution is 0.0519. The number of aromatic nitrogens is 2. The summed E-state index contributed by atoms with van der Waals surface area (Å²) in [7, 11) is 0. The highest BCUT2D eigenvalue weighted by Crippen LogP contribution is 2.27. The molecule has 4 rings (SSSR count). The number of rotatable bonds is 5. The van der Waals surface area contributed by atoms with E-state index in [1.165, 1.54) is 11.1 Å². The van der Waals surface area contributed by atoms with Crippen molar-refractivity contribution in [2.45, 2.75) is 13.8 Å². The third kappa shape index (κ3) is 3.97. The summed E-state index contributed by atoms with van der Waals surface area (Å²) < 4.78 is 6.94. The summed E-state index contributed by atoms with van der Waals surface area (Å²) in [5.41, 5.74) is 6.49. The van der Waals surface area contributed by atoms with Crippen molar-refractivity contribution in [2.75, 3.05) is 6.61 Å². The molecule has 1 heterocycles. The van der Waals surface area contributed by atoms with Crippen LogP contribution in [0, 0.1) is 6.92 Å². The molecule has 29 heavy (non-hydrogen) atoms. The second-order valence-corrected chi connectivity index (χ2v) is 6.83. The molecule has 0 fully saturated rings. The van der Waals surface area contributed by atoms with E-state index >= 15 is 0 Å². The molecule has 0 aliphatic heterocycles. The third-order valence-electron chi connectivity index (χ3n) is 4.76. The molecule has 0 saturated carbocycles. The van der Waals surface area contributed by atoms with Crippen LogP contribution in [0.1, 0.15) is 23.0 Å².